The largest absolute Gasteiger partial charge is 0.489 e. The van der Waals surface area contributed by atoms with Crippen LogP contribution in [-0.2, 0) is 6.61 Å². The van der Waals surface area contributed by atoms with Crippen molar-refractivity contribution in [3.8, 4) is 5.75 Å². The molecule has 0 heterocycles. The number of carbonyl (C=O) groups is 1. The lowest BCUT2D eigenvalue weighted by molar-refractivity contribution is 0.151. The van der Waals surface area contributed by atoms with Crippen molar-refractivity contribution in [1.82, 2.24) is 5.32 Å². The van der Waals surface area contributed by atoms with Crippen LogP contribution in [-0.4, -0.2) is 23.3 Å². The number of nitrogens with one attached hydrogen (secondary N) is 2. The predicted molar refractivity (Wildman–Crippen MR) is 93.0 cm³/mol. The summed E-state index contributed by atoms with van der Waals surface area (Å²) in [5.41, 5.74) is 1.60. The fourth-order valence-corrected chi connectivity index (χ4v) is 2.88. The van der Waals surface area contributed by atoms with E-state index in [0.29, 0.717) is 12.3 Å². The zero-order valence-electron chi connectivity index (χ0n) is 13.4. The zero-order valence-corrected chi connectivity index (χ0v) is 13.4. The van der Waals surface area contributed by atoms with E-state index in [1.165, 1.54) is 0 Å². The van der Waals surface area contributed by atoms with E-state index in [0.717, 1.165) is 30.6 Å². The first-order valence-electron chi connectivity index (χ1n) is 8.24. The molecule has 5 nitrogen and oxygen atoms in total. The number of amides is 2. The Balaban J connectivity index is 1.60. The number of hydrogen-bond acceptors (Lipinski definition) is 3. The van der Waals surface area contributed by atoms with Crippen molar-refractivity contribution in [2.75, 3.05) is 5.32 Å². The first-order valence-corrected chi connectivity index (χ1v) is 8.24. The number of carbonyl (C=O) groups excluding carboxylic acids is 1. The molecule has 2 atom stereocenters. The molecule has 0 spiro atoms. The first kappa shape index (κ1) is 16.3. The Hall–Kier alpha value is -2.53. The van der Waals surface area contributed by atoms with Gasteiger partial charge in [-0.15, -0.1) is 0 Å². The van der Waals surface area contributed by atoms with Gasteiger partial charge < -0.3 is 20.5 Å². The van der Waals surface area contributed by atoms with Gasteiger partial charge in [-0.1, -0.05) is 36.4 Å². The molecule has 3 N–H and O–H groups in total. The third-order valence-corrected chi connectivity index (χ3v) is 4.20. The number of benzene rings is 2. The topological polar surface area (TPSA) is 70.6 Å². The normalized spacial score (nSPS) is 19.7. The van der Waals surface area contributed by atoms with Gasteiger partial charge in [0, 0.05) is 11.3 Å². The van der Waals surface area contributed by atoms with Crippen LogP contribution in [0.3, 0.4) is 0 Å². The molecule has 0 radical (unpaired) electrons. The number of para-hydroxylation sites is 2. The zero-order chi connectivity index (χ0) is 16.8. The Kier molecular flexibility index (Phi) is 5.33. The Morgan fingerprint density at radius 2 is 1.83 bits per heavy atom. The van der Waals surface area contributed by atoms with E-state index in [2.05, 4.69) is 10.6 Å². The molecule has 0 aromatic heterocycles. The molecule has 1 aliphatic rings. The van der Waals surface area contributed by atoms with Gasteiger partial charge in [-0.05, 0) is 37.5 Å². The molecule has 0 bridgehead atoms. The van der Waals surface area contributed by atoms with Crippen molar-refractivity contribution in [3.63, 3.8) is 0 Å². The summed E-state index contributed by atoms with van der Waals surface area (Å²) in [6, 6.07) is 16.6. The summed E-state index contributed by atoms with van der Waals surface area (Å²) in [7, 11) is 0. The van der Waals surface area contributed by atoms with Crippen LogP contribution in [0.4, 0.5) is 10.5 Å². The summed E-state index contributed by atoms with van der Waals surface area (Å²) in [6.07, 6.45) is 2.04. The van der Waals surface area contributed by atoms with Crippen molar-refractivity contribution in [2.45, 2.75) is 38.0 Å². The Morgan fingerprint density at radius 3 is 2.58 bits per heavy atom. The van der Waals surface area contributed by atoms with Gasteiger partial charge in [0.2, 0.25) is 0 Å². The van der Waals surface area contributed by atoms with Crippen LogP contribution in [0.25, 0.3) is 0 Å². The fourth-order valence-electron chi connectivity index (χ4n) is 2.88. The van der Waals surface area contributed by atoms with Crippen LogP contribution in [0, 0.1) is 0 Å². The molecule has 1 fully saturated rings. The lowest BCUT2D eigenvalue weighted by Gasteiger charge is -2.18. The second kappa shape index (κ2) is 7.84. The first-order chi connectivity index (χ1) is 11.7. The average Bonchev–Trinajstić information content (AvgIpc) is 3.00. The number of aliphatic hydroxyl groups excluding tert-OH is 1. The Labute approximate surface area is 141 Å². The van der Waals surface area contributed by atoms with Crippen molar-refractivity contribution < 1.29 is 14.6 Å². The maximum absolute atomic E-state index is 12.2. The number of urea groups is 1. The lowest BCUT2D eigenvalue weighted by atomic mass is 10.2. The second-order valence-corrected chi connectivity index (χ2v) is 5.96. The van der Waals surface area contributed by atoms with Gasteiger partial charge in [-0.3, -0.25) is 0 Å². The van der Waals surface area contributed by atoms with E-state index < -0.39 is 6.10 Å². The van der Waals surface area contributed by atoms with Crippen molar-refractivity contribution >= 4 is 11.7 Å². The number of aliphatic hydroxyl groups is 1. The number of anilines is 1. The highest BCUT2D eigenvalue weighted by atomic mass is 16.5. The summed E-state index contributed by atoms with van der Waals surface area (Å²) in [5.74, 6) is 0.783. The molecule has 1 saturated carbocycles. The number of hydrogen-bond donors (Lipinski definition) is 3. The molecule has 0 unspecified atom stereocenters. The van der Waals surface area contributed by atoms with Crippen LogP contribution in [0.2, 0.25) is 0 Å². The van der Waals surface area contributed by atoms with Gasteiger partial charge in [0.1, 0.15) is 12.4 Å². The fraction of sp³-hybridized carbons (Fsp3) is 0.316. The maximum Gasteiger partial charge on any atom is 0.319 e. The smallest absolute Gasteiger partial charge is 0.319 e. The Bertz CT molecular complexity index is 675. The van der Waals surface area contributed by atoms with Gasteiger partial charge in [0.15, 0.2) is 0 Å². The summed E-state index contributed by atoms with van der Waals surface area (Å²) in [5, 5.41) is 15.5. The van der Waals surface area contributed by atoms with E-state index >= 15 is 0 Å². The number of ether oxygens (including phenoxy) is 1. The molecular formula is C19H22N2O3. The number of rotatable bonds is 5. The lowest BCUT2D eigenvalue weighted by Crippen LogP contribution is -2.42. The van der Waals surface area contributed by atoms with Gasteiger partial charge in [-0.25, -0.2) is 4.79 Å². The van der Waals surface area contributed by atoms with Crippen molar-refractivity contribution in [1.29, 1.82) is 0 Å². The van der Waals surface area contributed by atoms with E-state index in [1.807, 2.05) is 54.6 Å². The molecule has 1 aliphatic carbocycles. The molecule has 2 aromatic carbocycles. The van der Waals surface area contributed by atoms with Crippen LogP contribution >= 0.6 is 0 Å². The highest BCUT2D eigenvalue weighted by molar-refractivity contribution is 5.90. The van der Waals surface area contributed by atoms with E-state index in [9.17, 15) is 9.90 Å². The molecule has 0 saturated heterocycles. The van der Waals surface area contributed by atoms with E-state index in [1.54, 1.807) is 0 Å². The third kappa shape index (κ3) is 4.26. The molecule has 24 heavy (non-hydrogen) atoms. The molecular weight excluding hydrogens is 304 g/mol. The van der Waals surface area contributed by atoms with Crippen LogP contribution in [0.5, 0.6) is 5.75 Å². The molecule has 5 heteroatoms. The summed E-state index contributed by atoms with van der Waals surface area (Å²) >= 11 is 0. The maximum atomic E-state index is 12.2. The molecule has 2 amide bonds. The highest BCUT2D eigenvalue weighted by Crippen LogP contribution is 2.20. The molecule has 0 aliphatic heterocycles. The summed E-state index contributed by atoms with van der Waals surface area (Å²) < 4.78 is 5.75. The van der Waals surface area contributed by atoms with Gasteiger partial charge in [0.05, 0.1) is 12.1 Å². The minimum Gasteiger partial charge on any atom is -0.489 e. The van der Waals surface area contributed by atoms with Crippen molar-refractivity contribution in [2.24, 2.45) is 0 Å². The SMILES string of the molecule is O=C(Nc1ccccc1COc1ccccc1)N[C@@H]1CCC[C@H]1O. The van der Waals surface area contributed by atoms with Crippen molar-refractivity contribution in [3.05, 3.63) is 60.2 Å². The average molecular weight is 326 g/mol. The monoisotopic (exact) mass is 326 g/mol. The molecule has 2 aromatic rings. The van der Waals surface area contributed by atoms with Crippen LogP contribution in [0.15, 0.2) is 54.6 Å². The van der Waals surface area contributed by atoms with E-state index in [-0.39, 0.29) is 12.1 Å². The van der Waals surface area contributed by atoms with E-state index in [4.69, 9.17) is 4.74 Å². The molecule has 3 rings (SSSR count). The van der Waals surface area contributed by atoms with Gasteiger partial charge >= 0.3 is 6.03 Å². The predicted octanol–water partition coefficient (Wildman–Crippen LogP) is 3.30. The highest BCUT2D eigenvalue weighted by Gasteiger charge is 2.26. The molecule has 126 valence electrons. The van der Waals surface area contributed by atoms with Crippen LogP contribution in [0.1, 0.15) is 24.8 Å². The minimum atomic E-state index is -0.451. The summed E-state index contributed by atoms with van der Waals surface area (Å²) in [6.45, 7) is 0.368. The quantitative estimate of drug-likeness (QED) is 0.789. The standard InChI is InChI=1S/C19H22N2O3/c22-18-12-6-11-17(18)21-19(23)20-16-10-5-4-7-14(16)13-24-15-8-2-1-3-9-15/h1-5,7-10,17-18,22H,6,11-13H2,(H2,20,21,23)/t17-,18-/m1/s1. The van der Waals surface area contributed by atoms with Gasteiger partial charge in [-0.2, -0.15) is 0 Å². The van der Waals surface area contributed by atoms with Crippen LogP contribution < -0.4 is 15.4 Å². The third-order valence-electron chi connectivity index (χ3n) is 4.20. The second-order valence-electron chi connectivity index (χ2n) is 5.96. The Morgan fingerprint density at radius 1 is 1.08 bits per heavy atom. The summed E-state index contributed by atoms with van der Waals surface area (Å²) in [4.78, 5) is 12.2. The minimum absolute atomic E-state index is 0.169. The van der Waals surface area contributed by atoms with Gasteiger partial charge in [0.25, 0.3) is 0 Å².